The van der Waals surface area contributed by atoms with Crippen LogP contribution < -0.4 is 5.32 Å². The molecule has 0 fully saturated rings. The van der Waals surface area contributed by atoms with Crippen molar-refractivity contribution >= 4 is 5.91 Å². The third kappa shape index (κ3) is 2.98. The number of alkyl halides is 2. The largest absolute Gasteiger partial charge is 0.340 e. The Bertz CT molecular complexity index is 233. The molecule has 0 unspecified atom stereocenters. The molecule has 0 saturated carbocycles. The van der Waals surface area contributed by atoms with Crippen molar-refractivity contribution < 1.29 is 13.6 Å². The summed E-state index contributed by atoms with van der Waals surface area (Å²) in [5.74, 6) is -0.809. The summed E-state index contributed by atoms with van der Waals surface area (Å²) >= 11 is 0. The number of nitrogens with zero attached hydrogens (tertiary/aromatic N) is 1. The fraction of sp³-hybridized carbons (Fsp3) is 0.750. The van der Waals surface area contributed by atoms with E-state index in [0.29, 0.717) is 0 Å². The Morgan fingerprint density at radius 2 is 2.00 bits per heavy atom. The smallest absolute Gasteiger partial charge is 0.252 e. The molecule has 0 heterocycles. The number of carbonyl (C=O) groups excluding carboxylic acids is 1. The van der Waals surface area contributed by atoms with Crippen LogP contribution in [0.25, 0.3) is 0 Å². The van der Waals surface area contributed by atoms with E-state index in [0.717, 1.165) is 13.8 Å². The number of nitrogens with one attached hydrogen (secondary N) is 1. The molecule has 0 rings (SSSR count). The highest BCUT2D eigenvalue weighted by atomic mass is 19.3. The predicted molar refractivity (Wildman–Crippen MR) is 43.0 cm³/mol. The standard InChI is InChI=1S/C8H12F2N2O/c1-5(4-11)12-7(13)8(2,3)6(9)10/h5-6H,1-3H3,(H,12,13)/t5-/m1/s1. The third-order valence-corrected chi connectivity index (χ3v) is 1.67. The molecule has 1 amide bonds. The molecule has 0 saturated heterocycles. The molecule has 0 aliphatic heterocycles. The number of halogens is 2. The van der Waals surface area contributed by atoms with Gasteiger partial charge in [0.15, 0.2) is 0 Å². The molecule has 0 aliphatic carbocycles. The summed E-state index contributed by atoms with van der Waals surface area (Å²) in [7, 11) is 0. The number of rotatable bonds is 3. The van der Waals surface area contributed by atoms with Crippen LogP contribution in [0, 0.1) is 16.7 Å². The first-order chi connectivity index (χ1) is 5.82. The van der Waals surface area contributed by atoms with Gasteiger partial charge in [-0.05, 0) is 20.8 Å². The number of nitriles is 1. The van der Waals surface area contributed by atoms with Crippen molar-refractivity contribution in [2.24, 2.45) is 5.41 Å². The average Bonchev–Trinajstić information content (AvgIpc) is 2.03. The molecule has 0 aromatic heterocycles. The average molecular weight is 190 g/mol. The fourth-order valence-electron chi connectivity index (χ4n) is 0.514. The number of amides is 1. The summed E-state index contributed by atoms with van der Waals surface area (Å²) in [6.45, 7) is 3.70. The minimum Gasteiger partial charge on any atom is -0.340 e. The highest BCUT2D eigenvalue weighted by Crippen LogP contribution is 2.24. The zero-order valence-electron chi connectivity index (χ0n) is 7.77. The van der Waals surface area contributed by atoms with Crippen molar-refractivity contribution in [2.75, 3.05) is 0 Å². The van der Waals surface area contributed by atoms with Crippen molar-refractivity contribution in [3.63, 3.8) is 0 Å². The molecule has 74 valence electrons. The molecule has 0 radical (unpaired) electrons. The summed E-state index contributed by atoms with van der Waals surface area (Å²) in [5.41, 5.74) is -1.74. The Morgan fingerprint density at radius 3 is 2.31 bits per heavy atom. The van der Waals surface area contributed by atoms with E-state index in [4.69, 9.17) is 5.26 Å². The maximum atomic E-state index is 12.3. The van der Waals surface area contributed by atoms with E-state index in [1.54, 1.807) is 6.07 Å². The van der Waals surface area contributed by atoms with Crippen molar-refractivity contribution in [1.82, 2.24) is 5.32 Å². The van der Waals surface area contributed by atoms with Crippen LogP contribution in [0.5, 0.6) is 0 Å². The Balaban J connectivity index is 4.36. The van der Waals surface area contributed by atoms with Crippen molar-refractivity contribution in [1.29, 1.82) is 5.26 Å². The molecule has 0 aliphatic rings. The Hall–Kier alpha value is -1.18. The van der Waals surface area contributed by atoms with Gasteiger partial charge in [-0.2, -0.15) is 5.26 Å². The van der Waals surface area contributed by atoms with Crippen LogP contribution >= 0.6 is 0 Å². The Labute approximate surface area is 75.7 Å². The van der Waals surface area contributed by atoms with Gasteiger partial charge in [-0.1, -0.05) is 0 Å². The summed E-state index contributed by atoms with van der Waals surface area (Å²) in [6, 6.07) is 0.985. The first kappa shape index (κ1) is 11.8. The van der Waals surface area contributed by atoms with Crippen molar-refractivity contribution in [3.05, 3.63) is 0 Å². The van der Waals surface area contributed by atoms with E-state index >= 15 is 0 Å². The zero-order chi connectivity index (χ0) is 10.6. The van der Waals surface area contributed by atoms with E-state index < -0.39 is 23.8 Å². The second kappa shape index (κ2) is 4.17. The van der Waals surface area contributed by atoms with Gasteiger partial charge >= 0.3 is 0 Å². The second-order valence-electron chi connectivity index (χ2n) is 3.35. The molecule has 0 bridgehead atoms. The van der Waals surface area contributed by atoms with Crippen LogP contribution in [0.3, 0.4) is 0 Å². The van der Waals surface area contributed by atoms with E-state index in [-0.39, 0.29) is 0 Å². The van der Waals surface area contributed by atoms with Gasteiger partial charge in [0.05, 0.1) is 6.07 Å². The summed E-state index contributed by atoms with van der Waals surface area (Å²) in [5, 5.41) is 10.5. The molecule has 0 aromatic rings. The monoisotopic (exact) mass is 190 g/mol. The van der Waals surface area contributed by atoms with E-state index in [2.05, 4.69) is 5.32 Å². The quantitative estimate of drug-likeness (QED) is 0.729. The van der Waals surface area contributed by atoms with E-state index in [9.17, 15) is 13.6 Å². The van der Waals surface area contributed by atoms with Crippen LogP contribution in [-0.2, 0) is 4.79 Å². The van der Waals surface area contributed by atoms with Crippen LogP contribution in [0.2, 0.25) is 0 Å². The van der Waals surface area contributed by atoms with E-state index in [1.807, 2.05) is 0 Å². The van der Waals surface area contributed by atoms with Crippen LogP contribution in [0.15, 0.2) is 0 Å². The van der Waals surface area contributed by atoms with Crippen LogP contribution in [-0.4, -0.2) is 18.4 Å². The molecule has 0 aromatic carbocycles. The molecule has 3 nitrogen and oxygen atoms in total. The maximum Gasteiger partial charge on any atom is 0.252 e. The number of hydrogen-bond acceptors (Lipinski definition) is 2. The summed E-state index contributed by atoms with van der Waals surface area (Å²) < 4.78 is 24.5. The van der Waals surface area contributed by atoms with Crippen LogP contribution in [0.4, 0.5) is 8.78 Å². The molecular formula is C8H12F2N2O. The van der Waals surface area contributed by atoms with Gasteiger partial charge in [0.25, 0.3) is 6.43 Å². The Morgan fingerprint density at radius 1 is 1.54 bits per heavy atom. The van der Waals surface area contributed by atoms with Gasteiger partial charge in [-0.15, -0.1) is 0 Å². The number of carbonyl (C=O) groups is 1. The maximum absolute atomic E-state index is 12.3. The first-order valence-electron chi connectivity index (χ1n) is 3.81. The molecule has 0 spiro atoms. The minimum absolute atomic E-state index is 0.745. The van der Waals surface area contributed by atoms with Gasteiger partial charge in [0.1, 0.15) is 11.5 Å². The molecule has 1 atom stereocenters. The lowest BCUT2D eigenvalue weighted by atomic mass is 9.93. The van der Waals surface area contributed by atoms with Crippen LogP contribution in [0.1, 0.15) is 20.8 Å². The summed E-state index contributed by atoms with van der Waals surface area (Å²) in [4.78, 5) is 11.1. The lowest BCUT2D eigenvalue weighted by Crippen LogP contribution is -2.44. The lowest BCUT2D eigenvalue weighted by molar-refractivity contribution is -0.137. The molecule has 13 heavy (non-hydrogen) atoms. The molecular weight excluding hydrogens is 178 g/mol. The topological polar surface area (TPSA) is 52.9 Å². The van der Waals surface area contributed by atoms with Gasteiger partial charge in [0, 0.05) is 0 Å². The van der Waals surface area contributed by atoms with Gasteiger partial charge in [-0.25, -0.2) is 8.78 Å². The predicted octanol–water partition coefficient (Wildman–Crippen LogP) is 1.31. The number of hydrogen-bond donors (Lipinski definition) is 1. The second-order valence-corrected chi connectivity index (χ2v) is 3.35. The molecule has 1 N–H and O–H groups in total. The fourth-order valence-corrected chi connectivity index (χ4v) is 0.514. The SMILES string of the molecule is C[C@H](C#N)NC(=O)C(C)(C)C(F)F. The normalized spacial score (nSPS) is 13.6. The van der Waals surface area contributed by atoms with Crippen molar-refractivity contribution in [3.8, 4) is 6.07 Å². The van der Waals surface area contributed by atoms with Gasteiger partial charge in [-0.3, -0.25) is 4.79 Å². The van der Waals surface area contributed by atoms with Gasteiger partial charge in [0.2, 0.25) is 5.91 Å². The lowest BCUT2D eigenvalue weighted by Gasteiger charge is -2.22. The zero-order valence-corrected chi connectivity index (χ0v) is 7.77. The highest BCUT2D eigenvalue weighted by Gasteiger charge is 2.37. The van der Waals surface area contributed by atoms with Gasteiger partial charge < -0.3 is 5.32 Å². The minimum atomic E-state index is -2.74. The van der Waals surface area contributed by atoms with Crippen molar-refractivity contribution in [2.45, 2.75) is 33.2 Å². The third-order valence-electron chi connectivity index (χ3n) is 1.67. The highest BCUT2D eigenvalue weighted by molar-refractivity contribution is 5.82. The first-order valence-corrected chi connectivity index (χ1v) is 3.81. The summed E-state index contributed by atoms with van der Waals surface area (Å²) in [6.07, 6.45) is -2.74. The van der Waals surface area contributed by atoms with E-state index in [1.165, 1.54) is 6.92 Å². The molecule has 5 heteroatoms. The Kier molecular flexibility index (Phi) is 3.79.